The molecule has 0 saturated heterocycles. The number of halogens is 4. The second-order valence-electron chi connectivity index (χ2n) is 9.37. The highest BCUT2D eigenvalue weighted by atomic mass is 35.5. The van der Waals surface area contributed by atoms with Gasteiger partial charge in [0, 0.05) is 59.8 Å². The summed E-state index contributed by atoms with van der Waals surface area (Å²) in [4.78, 5) is 32.3. The highest BCUT2D eigenvalue weighted by Crippen LogP contribution is 2.35. The third-order valence-electron chi connectivity index (χ3n) is 6.56. The number of nitrogens with one attached hydrogen (secondary N) is 2. The van der Waals surface area contributed by atoms with Crippen molar-refractivity contribution in [3.05, 3.63) is 65.1 Å². The van der Waals surface area contributed by atoms with E-state index in [0.717, 1.165) is 11.6 Å². The van der Waals surface area contributed by atoms with Gasteiger partial charge in [-0.3, -0.25) is 14.6 Å². The van der Waals surface area contributed by atoms with Gasteiger partial charge in [-0.05, 0) is 68.0 Å². The molecular weight excluding hydrogens is 505 g/mol. The topological polar surface area (TPSA) is 84.0 Å². The summed E-state index contributed by atoms with van der Waals surface area (Å²) in [6.45, 7) is 0. The van der Waals surface area contributed by atoms with Gasteiger partial charge in [0.15, 0.2) is 0 Å². The van der Waals surface area contributed by atoms with Crippen LogP contribution >= 0.6 is 11.6 Å². The molecule has 6 nitrogen and oxygen atoms in total. The Morgan fingerprint density at radius 3 is 2.46 bits per heavy atom. The third kappa shape index (κ3) is 7.64. The lowest BCUT2D eigenvalue weighted by Crippen LogP contribution is -2.40. The van der Waals surface area contributed by atoms with E-state index in [9.17, 15) is 22.8 Å². The Labute approximate surface area is 218 Å². The number of Topliss-reactive ketones (excluding diaryl/α,β-unsaturated/α-hetero) is 1. The van der Waals surface area contributed by atoms with Crippen LogP contribution in [0.1, 0.15) is 56.2 Å². The van der Waals surface area contributed by atoms with E-state index in [-0.39, 0.29) is 42.1 Å². The van der Waals surface area contributed by atoms with Crippen molar-refractivity contribution < 1.29 is 22.8 Å². The molecule has 3 aromatic rings. The molecule has 1 fully saturated rings. The van der Waals surface area contributed by atoms with Crippen molar-refractivity contribution in [2.24, 2.45) is 0 Å². The molecular formula is C27H28ClF3N4O2. The van der Waals surface area contributed by atoms with Gasteiger partial charge in [-0.15, -0.1) is 0 Å². The average molecular weight is 533 g/mol. The van der Waals surface area contributed by atoms with Crippen molar-refractivity contribution in [1.29, 1.82) is 0 Å². The van der Waals surface area contributed by atoms with E-state index in [0.29, 0.717) is 54.6 Å². The van der Waals surface area contributed by atoms with E-state index in [4.69, 9.17) is 11.6 Å². The summed E-state index contributed by atoms with van der Waals surface area (Å²) in [7, 11) is 0. The summed E-state index contributed by atoms with van der Waals surface area (Å²) in [5.41, 5.74) is 0.596. The van der Waals surface area contributed by atoms with Crippen molar-refractivity contribution in [3.8, 4) is 0 Å². The number of fused-ring (bicyclic) bond motifs is 1. The highest BCUT2D eigenvalue weighted by molar-refractivity contribution is 6.31. The van der Waals surface area contributed by atoms with Gasteiger partial charge in [-0.1, -0.05) is 17.7 Å². The summed E-state index contributed by atoms with van der Waals surface area (Å²) in [6, 6.07) is 9.30. The van der Waals surface area contributed by atoms with E-state index in [1.807, 2.05) is 12.1 Å². The lowest BCUT2D eigenvalue weighted by atomic mass is 9.90. The minimum atomic E-state index is -4.56. The van der Waals surface area contributed by atoms with Crippen LogP contribution in [0.25, 0.3) is 10.9 Å². The van der Waals surface area contributed by atoms with Gasteiger partial charge in [-0.2, -0.15) is 13.2 Å². The maximum atomic E-state index is 13.4. The van der Waals surface area contributed by atoms with E-state index >= 15 is 0 Å². The number of ketones is 1. The number of anilines is 1. The molecule has 0 spiro atoms. The third-order valence-corrected chi connectivity index (χ3v) is 6.79. The molecule has 0 unspecified atom stereocenters. The first kappa shape index (κ1) is 26.9. The summed E-state index contributed by atoms with van der Waals surface area (Å²) < 4.78 is 40.1. The zero-order valence-corrected chi connectivity index (χ0v) is 20.9. The lowest BCUT2D eigenvalue weighted by Gasteiger charge is -2.30. The molecule has 196 valence electrons. The number of alkyl halides is 3. The molecule has 1 aliphatic rings. The fourth-order valence-electron chi connectivity index (χ4n) is 4.57. The van der Waals surface area contributed by atoms with Crippen LogP contribution in [-0.4, -0.2) is 33.7 Å². The molecule has 2 N–H and O–H groups in total. The Morgan fingerprint density at radius 2 is 1.76 bits per heavy atom. The van der Waals surface area contributed by atoms with Crippen LogP contribution < -0.4 is 10.6 Å². The number of aromatic nitrogens is 2. The number of hydrogen-bond acceptors (Lipinski definition) is 5. The van der Waals surface area contributed by atoms with E-state index < -0.39 is 11.9 Å². The first-order valence-electron chi connectivity index (χ1n) is 12.3. The standard InChI is InChI=1S/C27H28ClF3N4O2/c28-18-4-11-23-22(14-18)24(15-25(35-23)27(29,30)31)33-19-5-7-20(8-6-19)34-26(37)12-10-21(36)9-3-17-2-1-13-32-16-17/h1-2,4,11,13-16,19-20H,3,5-10,12H2,(H,33,35)(H,34,37). The lowest BCUT2D eigenvalue weighted by molar-refractivity contribution is -0.140. The smallest absolute Gasteiger partial charge is 0.382 e. The van der Waals surface area contributed by atoms with E-state index in [2.05, 4.69) is 20.6 Å². The Balaban J connectivity index is 1.26. The van der Waals surface area contributed by atoms with Crippen LogP contribution in [0.15, 0.2) is 48.8 Å². The number of nitrogens with zero attached hydrogens (tertiary/aromatic N) is 2. The zero-order chi connectivity index (χ0) is 26.4. The van der Waals surface area contributed by atoms with Gasteiger partial charge in [0.1, 0.15) is 11.5 Å². The fraction of sp³-hybridized carbons (Fsp3) is 0.407. The van der Waals surface area contributed by atoms with Gasteiger partial charge in [0.25, 0.3) is 0 Å². The minimum absolute atomic E-state index is 0.0228. The van der Waals surface area contributed by atoms with Gasteiger partial charge >= 0.3 is 6.18 Å². The van der Waals surface area contributed by atoms with Crippen molar-refractivity contribution in [1.82, 2.24) is 15.3 Å². The molecule has 1 amide bonds. The van der Waals surface area contributed by atoms with E-state index in [1.165, 1.54) is 12.1 Å². The van der Waals surface area contributed by atoms with Crippen molar-refractivity contribution >= 4 is 39.9 Å². The Morgan fingerprint density at radius 1 is 1.00 bits per heavy atom. The highest BCUT2D eigenvalue weighted by Gasteiger charge is 2.34. The molecule has 0 bridgehead atoms. The van der Waals surface area contributed by atoms with Gasteiger partial charge in [-0.25, -0.2) is 4.98 Å². The second-order valence-corrected chi connectivity index (χ2v) is 9.81. The normalized spacial score (nSPS) is 17.9. The molecule has 37 heavy (non-hydrogen) atoms. The Bertz CT molecular complexity index is 1250. The molecule has 10 heteroatoms. The molecule has 1 aromatic carbocycles. The Hall–Kier alpha value is -3.20. The first-order valence-corrected chi connectivity index (χ1v) is 12.7. The van der Waals surface area contributed by atoms with Gasteiger partial charge in [0.05, 0.1) is 5.52 Å². The van der Waals surface area contributed by atoms with Crippen LogP contribution in [0.4, 0.5) is 18.9 Å². The second kappa shape index (κ2) is 11.9. The number of benzene rings is 1. The van der Waals surface area contributed by atoms with Crippen LogP contribution in [0.2, 0.25) is 5.02 Å². The predicted octanol–water partition coefficient (Wildman–Crippen LogP) is 6.12. The summed E-state index contributed by atoms with van der Waals surface area (Å²) >= 11 is 6.08. The largest absolute Gasteiger partial charge is 0.433 e. The maximum absolute atomic E-state index is 13.4. The minimum Gasteiger partial charge on any atom is -0.382 e. The summed E-state index contributed by atoms with van der Waals surface area (Å²) in [5, 5.41) is 7.19. The molecule has 1 saturated carbocycles. The molecule has 2 heterocycles. The maximum Gasteiger partial charge on any atom is 0.433 e. The number of carbonyl (C=O) groups excluding carboxylic acids is 2. The number of pyridine rings is 2. The molecule has 4 rings (SSSR count). The summed E-state index contributed by atoms with van der Waals surface area (Å²) in [6.07, 6.45) is 2.91. The number of rotatable bonds is 9. The van der Waals surface area contributed by atoms with Crippen molar-refractivity contribution in [2.45, 2.75) is 69.6 Å². The first-order chi connectivity index (χ1) is 17.7. The quantitative estimate of drug-likeness (QED) is 0.347. The number of amides is 1. The molecule has 0 atom stereocenters. The van der Waals surface area contributed by atoms with Crippen LogP contribution in [0, 0.1) is 0 Å². The number of aryl methyl sites for hydroxylation is 1. The molecule has 2 aromatic heterocycles. The molecule has 0 radical (unpaired) electrons. The van der Waals surface area contributed by atoms with Gasteiger partial charge < -0.3 is 10.6 Å². The molecule has 1 aliphatic carbocycles. The van der Waals surface area contributed by atoms with E-state index in [1.54, 1.807) is 18.5 Å². The number of carbonyl (C=O) groups is 2. The molecule has 0 aliphatic heterocycles. The average Bonchev–Trinajstić information content (AvgIpc) is 2.87. The van der Waals surface area contributed by atoms with Crippen LogP contribution in [0.5, 0.6) is 0 Å². The van der Waals surface area contributed by atoms with Crippen molar-refractivity contribution in [2.75, 3.05) is 5.32 Å². The SMILES string of the molecule is O=C(CCC(=O)NC1CCC(Nc2cc(C(F)(F)F)nc3ccc(Cl)cc23)CC1)CCc1cccnc1. The number of hydrogen-bond donors (Lipinski definition) is 2. The Kier molecular flexibility index (Phi) is 8.63. The monoisotopic (exact) mass is 532 g/mol. The summed E-state index contributed by atoms with van der Waals surface area (Å²) in [5.74, 6) is -0.120. The van der Waals surface area contributed by atoms with Crippen LogP contribution in [0.3, 0.4) is 0 Å². The zero-order valence-electron chi connectivity index (χ0n) is 20.2. The predicted molar refractivity (Wildman–Crippen MR) is 136 cm³/mol. The fourth-order valence-corrected chi connectivity index (χ4v) is 4.74. The van der Waals surface area contributed by atoms with Crippen LogP contribution in [-0.2, 0) is 22.2 Å². The van der Waals surface area contributed by atoms with Crippen molar-refractivity contribution in [3.63, 3.8) is 0 Å². The van der Waals surface area contributed by atoms with Gasteiger partial charge in [0.2, 0.25) is 5.91 Å².